The Hall–Kier alpha value is -2.83. The van der Waals surface area contributed by atoms with Crippen LogP contribution in [0, 0.1) is 13.8 Å². The maximum Gasteiger partial charge on any atom is 0.338 e. The molecule has 7 heteroatoms. The van der Waals surface area contributed by atoms with Gasteiger partial charge in [-0.15, -0.1) is 0 Å². The molecule has 1 N–H and O–H groups in total. The van der Waals surface area contributed by atoms with Crippen LogP contribution in [0.1, 0.15) is 72.8 Å². The molecule has 30 heavy (non-hydrogen) atoms. The van der Waals surface area contributed by atoms with Gasteiger partial charge in [-0.1, -0.05) is 30.8 Å². The van der Waals surface area contributed by atoms with Crippen molar-refractivity contribution in [1.29, 1.82) is 0 Å². The zero-order valence-electron chi connectivity index (χ0n) is 17.9. The Balaban J connectivity index is 1.49. The van der Waals surface area contributed by atoms with E-state index in [2.05, 4.69) is 10.5 Å². The highest BCUT2D eigenvalue weighted by molar-refractivity contribution is 5.92. The molecule has 1 aliphatic carbocycles. The summed E-state index contributed by atoms with van der Waals surface area (Å²) in [5, 5.41) is 6.91. The van der Waals surface area contributed by atoms with Gasteiger partial charge in [0, 0.05) is 6.04 Å². The van der Waals surface area contributed by atoms with Crippen molar-refractivity contribution in [3.63, 3.8) is 0 Å². The third-order valence-electron chi connectivity index (χ3n) is 5.51. The number of carbonyl (C=O) groups is 2. The van der Waals surface area contributed by atoms with Crippen LogP contribution in [0.4, 0.5) is 0 Å². The third-order valence-corrected chi connectivity index (χ3v) is 5.51. The molecule has 0 aliphatic heterocycles. The molecule has 1 aromatic heterocycles. The van der Waals surface area contributed by atoms with Gasteiger partial charge >= 0.3 is 5.97 Å². The Morgan fingerprint density at radius 1 is 1.13 bits per heavy atom. The van der Waals surface area contributed by atoms with Gasteiger partial charge in [-0.3, -0.25) is 4.79 Å². The molecular formula is C23H30N2O5. The van der Waals surface area contributed by atoms with Crippen LogP contribution in [0.25, 0.3) is 0 Å². The van der Waals surface area contributed by atoms with Gasteiger partial charge in [-0.05, 0) is 57.9 Å². The minimum atomic E-state index is -0.837. The topological polar surface area (TPSA) is 90.7 Å². The molecule has 1 amide bonds. The Morgan fingerprint density at radius 2 is 1.80 bits per heavy atom. The minimum Gasteiger partial charge on any atom is -0.489 e. The molecule has 0 unspecified atom stereocenters. The Kier molecular flexibility index (Phi) is 7.49. The van der Waals surface area contributed by atoms with E-state index in [1.807, 2.05) is 13.8 Å². The Bertz CT molecular complexity index is 831. The lowest BCUT2D eigenvalue weighted by Crippen LogP contribution is -2.41. The fourth-order valence-corrected chi connectivity index (χ4v) is 3.58. The number of aryl methyl sites for hydroxylation is 2. The van der Waals surface area contributed by atoms with Crippen LogP contribution in [-0.4, -0.2) is 29.2 Å². The number of amides is 1. The van der Waals surface area contributed by atoms with Gasteiger partial charge in [-0.25, -0.2) is 4.79 Å². The Morgan fingerprint density at radius 3 is 2.40 bits per heavy atom. The highest BCUT2D eigenvalue weighted by Crippen LogP contribution is 2.19. The quantitative estimate of drug-likeness (QED) is 0.538. The number of esters is 1. The number of aromatic nitrogens is 1. The van der Waals surface area contributed by atoms with E-state index in [0.717, 1.165) is 42.7 Å². The molecule has 0 spiro atoms. The van der Waals surface area contributed by atoms with Crippen LogP contribution in [-0.2, 0) is 16.1 Å². The highest BCUT2D eigenvalue weighted by atomic mass is 16.5. The van der Waals surface area contributed by atoms with E-state index in [1.54, 1.807) is 31.2 Å². The first kappa shape index (κ1) is 21.9. The maximum absolute atomic E-state index is 12.4. The molecule has 0 saturated heterocycles. The highest BCUT2D eigenvalue weighted by Gasteiger charge is 2.22. The summed E-state index contributed by atoms with van der Waals surface area (Å²) in [6.45, 7) is 5.64. The number of rotatable bonds is 7. The molecule has 1 aliphatic rings. The van der Waals surface area contributed by atoms with E-state index >= 15 is 0 Å². The summed E-state index contributed by atoms with van der Waals surface area (Å²) in [6.07, 6.45) is 5.83. The number of ether oxygens (including phenoxy) is 2. The lowest BCUT2D eigenvalue weighted by atomic mass is 10.1. The van der Waals surface area contributed by atoms with Crippen molar-refractivity contribution < 1.29 is 23.6 Å². The van der Waals surface area contributed by atoms with E-state index in [1.165, 1.54) is 12.8 Å². The molecular weight excluding hydrogens is 384 g/mol. The summed E-state index contributed by atoms with van der Waals surface area (Å²) in [6, 6.07) is 6.83. The summed E-state index contributed by atoms with van der Waals surface area (Å²) in [4.78, 5) is 24.8. The minimum absolute atomic E-state index is 0.176. The van der Waals surface area contributed by atoms with Gasteiger partial charge in [0.05, 0.1) is 16.8 Å². The normalized spacial score (nSPS) is 15.8. The number of benzene rings is 1. The summed E-state index contributed by atoms with van der Waals surface area (Å²) >= 11 is 0. The molecule has 1 atom stereocenters. The van der Waals surface area contributed by atoms with E-state index in [4.69, 9.17) is 14.0 Å². The average Bonchev–Trinajstić information content (AvgIpc) is 2.91. The van der Waals surface area contributed by atoms with Crippen molar-refractivity contribution in [2.75, 3.05) is 0 Å². The second-order valence-electron chi connectivity index (χ2n) is 7.86. The van der Waals surface area contributed by atoms with Gasteiger partial charge in [0.25, 0.3) is 5.91 Å². The first-order chi connectivity index (χ1) is 14.4. The lowest BCUT2D eigenvalue weighted by molar-refractivity contribution is -0.129. The number of hydrogen-bond donors (Lipinski definition) is 1. The molecule has 1 fully saturated rings. The molecule has 1 aromatic carbocycles. The fourth-order valence-electron chi connectivity index (χ4n) is 3.58. The first-order valence-corrected chi connectivity index (χ1v) is 10.6. The van der Waals surface area contributed by atoms with Crippen molar-refractivity contribution in [1.82, 2.24) is 10.5 Å². The van der Waals surface area contributed by atoms with Crippen molar-refractivity contribution in [3.8, 4) is 5.75 Å². The van der Waals surface area contributed by atoms with Gasteiger partial charge < -0.3 is 19.3 Å². The maximum atomic E-state index is 12.4. The average molecular weight is 415 g/mol. The van der Waals surface area contributed by atoms with Crippen LogP contribution in [0.5, 0.6) is 5.75 Å². The lowest BCUT2D eigenvalue weighted by Gasteiger charge is -2.19. The molecule has 162 valence electrons. The summed E-state index contributed by atoms with van der Waals surface area (Å²) in [5.74, 6) is 0.569. The second kappa shape index (κ2) is 10.3. The fraction of sp³-hybridized carbons (Fsp3) is 0.522. The van der Waals surface area contributed by atoms with Crippen molar-refractivity contribution in [2.24, 2.45) is 0 Å². The predicted octanol–water partition coefficient (Wildman–Crippen LogP) is 4.25. The van der Waals surface area contributed by atoms with E-state index in [-0.39, 0.29) is 11.9 Å². The van der Waals surface area contributed by atoms with Crippen LogP contribution in [0.2, 0.25) is 0 Å². The SMILES string of the molecule is Cc1noc(C)c1COc1ccc(C(=O)O[C@@H](C)C(=O)NC2CCCCCC2)cc1. The number of nitrogens with one attached hydrogen (secondary N) is 1. The molecule has 3 rings (SSSR count). The molecule has 1 heterocycles. The van der Waals surface area contributed by atoms with E-state index < -0.39 is 12.1 Å². The van der Waals surface area contributed by atoms with Gasteiger partial charge in [0.1, 0.15) is 18.1 Å². The summed E-state index contributed by atoms with van der Waals surface area (Å²) in [7, 11) is 0. The summed E-state index contributed by atoms with van der Waals surface area (Å²) in [5.41, 5.74) is 2.07. The van der Waals surface area contributed by atoms with Crippen molar-refractivity contribution in [3.05, 3.63) is 46.8 Å². The number of nitrogens with zero attached hydrogens (tertiary/aromatic N) is 1. The predicted molar refractivity (Wildman–Crippen MR) is 111 cm³/mol. The molecule has 1 saturated carbocycles. The largest absolute Gasteiger partial charge is 0.489 e. The van der Waals surface area contributed by atoms with Gasteiger partial charge in [-0.2, -0.15) is 0 Å². The first-order valence-electron chi connectivity index (χ1n) is 10.6. The molecule has 0 bridgehead atoms. The Labute approximate surface area is 177 Å². The molecule has 0 radical (unpaired) electrons. The van der Waals surface area contributed by atoms with Crippen LogP contribution < -0.4 is 10.1 Å². The zero-order valence-corrected chi connectivity index (χ0v) is 17.9. The van der Waals surface area contributed by atoms with E-state index in [0.29, 0.717) is 17.9 Å². The zero-order chi connectivity index (χ0) is 21.5. The van der Waals surface area contributed by atoms with Crippen LogP contribution in [0.15, 0.2) is 28.8 Å². The van der Waals surface area contributed by atoms with E-state index in [9.17, 15) is 9.59 Å². The number of hydrogen-bond acceptors (Lipinski definition) is 6. The van der Waals surface area contributed by atoms with Crippen molar-refractivity contribution in [2.45, 2.75) is 78.0 Å². The van der Waals surface area contributed by atoms with Gasteiger partial charge in [0.2, 0.25) is 0 Å². The molecule has 2 aromatic rings. The van der Waals surface area contributed by atoms with Gasteiger partial charge in [0.15, 0.2) is 6.10 Å². The summed E-state index contributed by atoms with van der Waals surface area (Å²) < 4.78 is 16.2. The second-order valence-corrected chi connectivity index (χ2v) is 7.86. The van der Waals surface area contributed by atoms with Crippen molar-refractivity contribution >= 4 is 11.9 Å². The molecule has 7 nitrogen and oxygen atoms in total. The number of carbonyl (C=O) groups excluding carboxylic acids is 2. The van der Waals surface area contributed by atoms with Crippen LogP contribution in [0.3, 0.4) is 0 Å². The standard InChI is InChI=1S/C23H30N2O5/c1-15-21(16(2)30-25-15)14-28-20-12-10-18(11-13-20)23(27)29-17(3)22(26)24-19-8-6-4-5-7-9-19/h10-13,17,19H,4-9,14H2,1-3H3,(H,24,26)/t17-/m0/s1. The smallest absolute Gasteiger partial charge is 0.338 e. The monoisotopic (exact) mass is 414 g/mol. The van der Waals surface area contributed by atoms with Crippen LogP contribution >= 0.6 is 0 Å². The third kappa shape index (κ3) is 5.84.